The van der Waals surface area contributed by atoms with Crippen molar-refractivity contribution in [2.24, 2.45) is 0 Å². The van der Waals surface area contributed by atoms with Crippen molar-refractivity contribution in [3.8, 4) is 0 Å². The maximum atomic E-state index is 13.4. The molecule has 0 atom stereocenters. The average Bonchev–Trinajstić information content (AvgIpc) is 3.07. The summed E-state index contributed by atoms with van der Waals surface area (Å²) < 4.78 is 13.4. The van der Waals surface area contributed by atoms with Gasteiger partial charge < -0.3 is 9.80 Å². The van der Waals surface area contributed by atoms with Gasteiger partial charge >= 0.3 is 0 Å². The normalized spacial score (nSPS) is 16.6. The molecular weight excluding hydrogens is 331 g/mol. The van der Waals surface area contributed by atoms with Crippen LogP contribution in [0.2, 0.25) is 0 Å². The molecule has 3 aromatic rings. The third-order valence-corrected chi connectivity index (χ3v) is 5.45. The molecule has 0 amide bonds. The summed E-state index contributed by atoms with van der Waals surface area (Å²) in [5.74, 6) is 1.51. The zero-order chi connectivity index (χ0) is 17.7. The Morgan fingerprint density at radius 1 is 1.12 bits per heavy atom. The second-order valence-corrected chi connectivity index (χ2v) is 7.06. The van der Waals surface area contributed by atoms with Gasteiger partial charge in [-0.15, -0.1) is 5.10 Å². The molecule has 0 radical (unpaired) electrons. The highest BCUT2D eigenvalue weighted by molar-refractivity contribution is 5.89. The van der Waals surface area contributed by atoms with Crippen molar-refractivity contribution in [3.05, 3.63) is 47.7 Å². The van der Waals surface area contributed by atoms with Crippen LogP contribution in [0.15, 0.2) is 30.6 Å². The Kier molecular flexibility index (Phi) is 3.48. The number of anilines is 2. The van der Waals surface area contributed by atoms with Gasteiger partial charge in [-0.25, -0.2) is 14.4 Å². The number of likely N-dealkylation sites (N-methyl/N-ethyl adjacent to an activating group) is 1. The van der Waals surface area contributed by atoms with Crippen LogP contribution >= 0.6 is 0 Å². The van der Waals surface area contributed by atoms with Crippen LogP contribution in [0.4, 0.5) is 16.0 Å². The maximum Gasteiger partial charge on any atom is 0.151 e. The minimum Gasteiger partial charge on any atom is -0.353 e. The first-order valence-corrected chi connectivity index (χ1v) is 8.92. The molecule has 0 saturated carbocycles. The van der Waals surface area contributed by atoms with E-state index in [9.17, 15) is 4.39 Å². The molecule has 5 rings (SSSR count). The number of hydrogen-bond donors (Lipinski definition) is 0. The van der Waals surface area contributed by atoms with E-state index in [-0.39, 0.29) is 5.82 Å². The van der Waals surface area contributed by atoms with Crippen LogP contribution in [0.3, 0.4) is 0 Å². The molecule has 0 N–H and O–H groups in total. The quantitative estimate of drug-likeness (QED) is 0.723. The fraction of sp³-hybridized carbons (Fsp3) is 0.368. The number of aryl methyl sites for hydroxylation is 2. The lowest BCUT2D eigenvalue weighted by molar-refractivity contribution is 0.488. The molecule has 2 aliphatic rings. The smallest absolute Gasteiger partial charge is 0.151 e. The van der Waals surface area contributed by atoms with Crippen LogP contribution in [0.25, 0.3) is 10.9 Å². The van der Waals surface area contributed by atoms with Crippen LogP contribution in [-0.4, -0.2) is 46.3 Å². The van der Waals surface area contributed by atoms with Crippen molar-refractivity contribution in [2.75, 3.05) is 29.9 Å². The van der Waals surface area contributed by atoms with Gasteiger partial charge in [-0.05, 0) is 43.0 Å². The van der Waals surface area contributed by atoms with Gasteiger partial charge in [0.1, 0.15) is 18.0 Å². The number of halogens is 1. The molecule has 2 aromatic heterocycles. The number of hydrogen-bond acceptors (Lipinski definition) is 6. The Hall–Kier alpha value is -2.83. The molecule has 1 aliphatic carbocycles. The van der Waals surface area contributed by atoms with Gasteiger partial charge in [0.05, 0.1) is 17.3 Å². The summed E-state index contributed by atoms with van der Waals surface area (Å²) in [4.78, 5) is 13.0. The van der Waals surface area contributed by atoms with Gasteiger partial charge in [-0.1, -0.05) is 0 Å². The van der Waals surface area contributed by atoms with Gasteiger partial charge in [-0.3, -0.25) is 0 Å². The summed E-state index contributed by atoms with van der Waals surface area (Å²) in [5.41, 5.74) is 3.13. The highest BCUT2D eigenvalue weighted by Crippen LogP contribution is 2.30. The lowest BCUT2D eigenvalue weighted by atomic mass is 10.1. The lowest BCUT2D eigenvalue weighted by Gasteiger charge is -2.45. The molecule has 1 fully saturated rings. The van der Waals surface area contributed by atoms with E-state index in [2.05, 4.69) is 36.0 Å². The molecule has 0 unspecified atom stereocenters. The van der Waals surface area contributed by atoms with Crippen molar-refractivity contribution in [3.63, 3.8) is 0 Å². The molecule has 26 heavy (non-hydrogen) atoms. The fourth-order valence-electron chi connectivity index (χ4n) is 3.83. The van der Waals surface area contributed by atoms with Crippen molar-refractivity contribution in [1.82, 2.24) is 20.2 Å². The highest BCUT2D eigenvalue weighted by atomic mass is 19.1. The van der Waals surface area contributed by atoms with Gasteiger partial charge in [-0.2, -0.15) is 5.10 Å². The van der Waals surface area contributed by atoms with Crippen molar-refractivity contribution in [1.29, 1.82) is 0 Å². The second kappa shape index (κ2) is 5.86. The lowest BCUT2D eigenvalue weighted by Crippen LogP contribution is -2.59. The van der Waals surface area contributed by atoms with E-state index in [0.29, 0.717) is 11.6 Å². The van der Waals surface area contributed by atoms with Crippen molar-refractivity contribution < 1.29 is 4.39 Å². The van der Waals surface area contributed by atoms with Crippen LogP contribution in [-0.2, 0) is 12.8 Å². The maximum absolute atomic E-state index is 13.4. The SMILES string of the molecule is CN(c1ncnc2cc(F)ccc12)C1CN(c2cc3c(nn2)CCC3)C1. The van der Waals surface area contributed by atoms with E-state index in [1.807, 2.05) is 7.05 Å². The summed E-state index contributed by atoms with van der Waals surface area (Å²) >= 11 is 0. The van der Waals surface area contributed by atoms with E-state index < -0.39 is 0 Å². The van der Waals surface area contributed by atoms with Gasteiger partial charge in [0, 0.05) is 31.6 Å². The van der Waals surface area contributed by atoms with Crippen molar-refractivity contribution >= 4 is 22.5 Å². The number of benzene rings is 1. The Morgan fingerprint density at radius 3 is 2.88 bits per heavy atom. The number of aromatic nitrogens is 4. The molecule has 7 heteroatoms. The van der Waals surface area contributed by atoms with Crippen LogP contribution < -0.4 is 9.80 Å². The predicted octanol–water partition coefficient (Wildman–Crippen LogP) is 2.37. The monoisotopic (exact) mass is 350 g/mol. The van der Waals surface area contributed by atoms with E-state index in [1.165, 1.54) is 30.4 Å². The van der Waals surface area contributed by atoms with E-state index in [4.69, 9.17) is 0 Å². The highest BCUT2D eigenvalue weighted by Gasteiger charge is 2.33. The minimum atomic E-state index is -0.283. The molecular formula is C19H19FN6. The zero-order valence-corrected chi connectivity index (χ0v) is 14.6. The molecule has 0 bridgehead atoms. The second-order valence-electron chi connectivity index (χ2n) is 7.06. The van der Waals surface area contributed by atoms with Gasteiger partial charge in [0.15, 0.2) is 5.82 Å². The Bertz CT molecular complexity index is 985. The summed E-state index contributed by atoms with van der Waals surface area (Å²) in [5, 5.41) is 9.63. The molecule has 3 heterocycles. The number of nitrogens with zero attached hydrogens (tertiary/aromatic N) is 6. The summed E-state index contributed by atoms with van der Waals surface area (Å²) in [6.07, 6.45) is 4.84. The molecule has 1 aliphatic heterocycles. The molecule has 132 valence electrons. The first-order valence-electron chi connectivity index (χ1n) is 8.92. The molecule has 1 saturated heterocycles. The standard InChI is InChI=1S/C19H19FN6/c1-25(19-15-6-5-13(20)8-17(15)21-11-22-19)14-9-26(10-14)18-7-12-3-2-4-16(12)23-24-18/h5-8,11,14H,2-4,9-10H2,1H3. The largest absolute Gasteiger partial charge is 0.353 e. The predicted molar refractivity (Wildman–Crippen MR) is 98.0 cm³/mol. The molecule has 6 nitrogen and oxygen atoms in total. The third-order valence-electron chi connectivity index (χ3n) is 5.45. The van der Waals surface area contributed by atoms with Crippen LogP contribution in [0.1, 0.15) is 17.7 Å². The van der Waals surface area contributed by atoms with Crippen LogP contribution in [0, 0.1) is 5.82 Å². The summed E-state index contributed by atoms with van der Waals surface area (Å²) in [6.45, 7) is 1.74. The van der Waals surface area contributed by atoms with Gasteiger partial charge in [0.25, 0.3) is 0 Å². The third kappa shape index (κ3) is 2.46. The van der Waals surface area contributed by atoms with E-state index in [0.717, 1.165) is 48.6 Å². The number of fused-ring (bicyclic) bond motifs is 2. The summed E-state index contributed by atoms with van der Waals surface area (Å²) in [6, 6.07) is 7.17. The topological polar surface area (TPSA) is 58.0 Å². The van der Waals surface area contributed by atoms with Gasteiger partial charge in [0.2, 0.25) is 0 Å². The zero-order valence-electron chi connectivity index (χ0n) is 14.6. The first-order chi connectivity index (χ1) is 12.7. The van der Waals surface area contributed by atoms with E-state index >= 15 is 0 Å². The minimum absolute atomic E-state index is 0.283. The molecule has 0 spiro atoms. The van der Waals surface area contributed by atoms with Crippen LogP contribution in [0.5, 0.6) is 0 Å². The van der Waals surface area contributed by atoms with Crippen molar-refractivity contribution in [2.45, 2.75) is 25.3 Å². The summed E-state index contributed by atoms with van der Waals surface area (Å²) in [7, 11) is 2.03. The first kappa shape index (κ1) is 15.4. The van der Waals surface area contributed by atoms with E-state index in [1.54, 1.807) is 6.07 Å². The molecule has 1 aromatic carbocycles. The number of rotatable bonds is 3. The average molecular weight is 350 g/mol. The Morgan fingerprint density at radius 2 is 2.00 bits per heavy atom. The Balaban J connectivity index is 1.35. The Labute approximate surface area is 150 Å². The fourth-order valence-corrected chi connectivity index (χ4v) is 3.83.